The molecule has 1 aliphatic heterocycles. The number of amides is 5. The van der Waals surface area contributed by atoms with Crippen molar-refractivity contribution < 1.29 is 33.4 Å². The maximum Gasteiger partial charge on any atom is 0.249 e. The van der Waals surface area contributed by atoms with Crippen molar-refractivity contribution in [2.24, 2.45) is 23.7 Å². The summed E-state index contributed by atoms with van der Waals surface area (Å²) in [7, 11) is 8.52. The van der Waals surface area contributed by atoms with Gasteiger partial charge in [0, 0.05) is 39.8 Å². The molecule has 0 spiro atoms. The van der Waals surface area contributed by atoms with E-state index in [1.807, 2.05) is 121 Å². The second kappa shape index (κ2) is 24.5. The van der Waals surface area contributed by atoms with E-state index in [1.165, 1.54) is 18.4 Å². The number of likely N-dealkylation sites (tertiary alicyclic amines) is 1. The number of nitrogens with zero attached hydrogens (tertiary/aromatic N) is 5. The van der Waals surface area contributed by atoms with E-state index in [2.05, 4.69) is 26.1 Å². The van der Waals surface area contributed by atoms with Gasteiger partial charge in [-0.15, -0.1) is 10.2 Å². The Balaban J connectivity index is 1.50. The zero-order valence-corrected chi connectivity index (χ0v) is 40.7. The fraction of sp³-hybridized carbons (Fsp3) is 0.604. The van der Waals surface area contributed by atoms with Crippen LogP contribution in [0.4, 0.5) is 5.13 Å². The molecule has 0 bridgehead atoms. The zero-order valence-electron chi connectivity index (χ0n) is 39.9. The van der Waals surface area contributed by atoms with Gasteiger partial charge in [-0.05, 0) is 50.3 Å². The van der Waals surface area contributed by atoms with Gasteiger partial charge in [-0.3, -0.25) is 34.2 Å². The van der Waals surface area contributed by atoms with Gasteiger partial charge in [0.05, 0.1) is 42.7 Å². The van der Waals surface area contributed by atoms with Crippen LogP contribution in [0.3, 0.4) is 0 Å². The van der Waals surface area contributed by atoms with Gasteiger partial charge >= 0.3 is 0 Å². The largest absolute Gasteiger partial charge is 0.379 e. The lowest BCUT2D eigenvalue weighted by atomic mass is 9.89. The predicted molar refractivity (Wildman–Crippen MR) is 251 cm³/mol. The summed E-state index contributed by atoms with van der Waals surface area (Å²) < 4.78 is 12.1. The minimum absolute atomic E-state index is 0.0116. The highest BCUT2D eigenvalue weighted by atomic mass is 32.1. The number of nitrogens with one attached hydrogen (secondary N) is 3. The van der Waals surface area contributed by atoms with Gasteiger partial charge in [0.2, 0.25) is 34.7 Å². The molecule has 3 aromatic rings. The molecule has 3 N–H and O–H groups in total. The molecule has 1 fully saturated rings. The molecule has 16 heteroatoms. The van der Waals surface area contributed by atoms with Gasteiger partial charge in [0.1, 0.15) is 17.1 Å². The van der Waals surface area contributed by atoms with E-state index in [-0.39, 0.29) is 48.3 Å². The number of aromatic nitrogens is 2. The van der Waals surface area contributed by atoms with Crippen LogP contribution in [0.2, 0.25) is 0 Å². The lowest BCUT2D eigenvalue weighted by Crippen LogP contribution is -2.59. The fourth-order valence-corrected chi connectivity index (χ4v) is 9.69. The first-order valence-corrected chi connectivity index (χ1v) is 23.4. The molecule has 9 atom stereocenters. The smallest absolute Gasteiger partial charge is 0.249 e. The first kappa shape index (κ1) is 51.9. The molecular weight excluding hydrogens is 833 g/mol. The summed E-state index contributed by atoms with van der Waals surface area (Å²) in [4.78, 5) is 75.6. The van der Waals surface area contributed by atoms with E-state index in [1.54, 1.807) is 30.9 Å². The first-order chi connectivity index (χ1) is 30.4. The quantitative estimate of drug-likeness (QED) is 0.110. The van der Waals surface area contributed by atoms with Crippen molar-refractivity contribution in [2.45, 2.75) is 123 Å². The van der Waals surface area contributed by atoms with Crippen molar-refractivity contribution in [1.29, 1.82) is 0 Å². The second-order valence-corrected chi connectivity index (χ2v) is 19.0. The molecule has 1 aromatic heterocycles. The summed E-state index contributed by atoms with van der Waals surface area (Å²) in [6.07, 6.45) is 0.903. The van der Waals surface area contributed by atoms with Crippen LogP contribution in [0.15, 0.2) is 60.7 Å². The van der Waals surface area contributed by atoms with E-state index in [4.69, 9.17) is 9.47 Å². The van der Waals surface area contributed by atoms with Crippen molar-refractivity contribution >= 4 is 46.0 Å². The Bertz CT molecular complexity index is 1960. The van der Waals surface area contributed by atoms with Crippen molar-refractivity contribution in [3.8, 4) is 10.6 Å². The van der Waals surface area contributed by atoms with Crippen molar-refractivity contribution in [2.75, 3.05) is 47.2 Å². The minimum Gasteiger partial charge on any atom is -0.379 e. The topological polar surface area (TPSA) is 175 Å². The Kier molecular flexibility index (Phi) is 19.9. The maximum absolute atomic E-state index is 14.4. The number of carbonyl (C=O) groups excluding carboxylic acids is 5. The maximum atomic E-state index is 14.4. The van der Waals surface area contributed by atoms with Gasteiger partial charge in [0.25, 0.3) is 0 Å². The number of carbonyl (C=O) groups is 5. The molecule has 0 radical (unpaired) electrons. The van der Waals surface area contributed by atoms with Crippen LogP contribution in [-0.4, -0.2) is 139 Å². The first-order valence-electron chi connectivity index (χ1n) is 22.6. The molecule has 1 saturated heterocycles. The number of hydrogen-bond donors (Lipinski definition) is 3. The standard InChI is InChI=1S/C48H72N8O7S/c1-13-31(6)41(55(10)47(61)39(29(2)3)50-45(60)40(30(4)5)54(8)9)37(62-11)28-38(57)56-26-20-25-36(56)42(63-12)32(7)43(58)49-35(27-33-21-16-14-17-22-33)44(59)51-48-53-52-46(64-48)34-23-18-15-19-24-34/h14-19,21-24,29-32,35-37,39-42H,13,20,25-28H2,1-12H3,(H,49,58)(H,50,60)(H,51,53,59)/t31-,32+,35+,36?,37?,39+,40+,41+,42+/m1/s1. The average Bonchev–Trinajstić information content (AvgIpc) is 3.95. The molecule has 64 heavy (non-hydrogen) atoms. The van der Waals surface area contributed by atoms with Crippen LogP contribution in [-0.2, 0) is 39.9 Å². The molecule has 2 heterocycles. The lowest BCUT2D eigenvalue weighted by Gasteiger charge is -2.41. The summed E-state index contributed by atoms with van der Waals surface area (Å²) >= 11 is 1.24. The highest BCUT2D eigenvalue weighted by molar-refractivity contribution is 7.18. The van der Waals surface area contributed by atoms with Crippen LogP contribution < -0.4 is 16.0 Å². The number of hydrogen-bond acceptors (Lipinski definition) is 11. The zero-order chi connectivity index (χ0) is 47.2. The van der Waals surface area contributed by atoms with Gasteiger partial charge in [-0.1, -0.05) is 127 Å². The summed E-state index contributed by atoms with van der Waals surface area (Å²) in [6.45, 7) is 14.1. The van der Waals surface area contributed by atoms with E-state index in [9.17, 15) is 24.0 Å². The molecule has 2 aromatic carbocycles. The number of methoxy groups -OCH3 is 2. The summed E-state index contributed by atoms with van der Waals surface area (Å²) in [5, 5.41) is 18.3. The lowest BCUT2D eigenvalue weighted by molar-refractivity contribution is -0.148. The number of rotatable bonds is 23. The van der Waals surface area contributed by atoms with E-state index in [0.29, 0.717) is 35.9 Å². The molecule has 1 aliphatic rings. The van der Waals surface area contributed by atoms with E-state index >= 15 is 0 Å². The van der Waals surface area contributed by atoms with Crippen LogP contribution in [0.25, 0.3) is 10.6 Å². The number of anilines is 1. The Morgan fingerprint density at radius 1 is 0.828 bits per heavy atom. The summed E-state index contributed by atoms with van der Waals surface area (Å²) in [5.41, 5.74) is 1.74. The third kappa shape index (κ3) is 13.4. The SMILES string of the molecule is CC[C@@H](C)[C@@H](C(CC(=O)N1CCCC1[C@@H](OC)[C@H](C)C(=O)N[C@@H](Cc1ccccc1)C(=O)Nc1nnc(-c2ccccc2)s1)OC)N(C)C(=O)[C@@H](NC(=O)[C@H](C(C)C)N(C)C)C(C)C. The Morgan fingerprint density at radius 3 is 2.03 bits per heavy atom. The normalized spacial score (nSPS) is 17.9. The minimum atomic E-state index is -0.951. The molecule has 0 aliphatic carbocycles. The third-order valence-corrected chi connectivity index (χ3v) is 13.4. The monoisotopic (exact) mass is 905 g/mol. The fourth-order valence-electron chi connectivity index (χ4n) is 8.94. The van der Waals surface area contributed by atoms with Gasteiger partial charge in [0.15, 0.2) is 0 Å². The van der Waals surface area contributed by atoms with Crippen LogP contribution in [0.5, 0.6) is 0 Å². The highest BCUT2D eigenvalue weighted by Crippen LogP contribution is 2.30. The third-order valence-electron chi connectivity index (χ3n) is 12.5. The van der Waals surface area contributed by atoms with Crippen LogP contribution >= 0.6 is 11.3 Å². The Hall–Kier alpha value is -4.77. The number of benzene rings is 2. The number of ether oxygens (including phenoxy) is 2. The molecule has 4 rings (SSSR count). The summed E-state index contributed by atoms with van der Waals surface area (Å²) in [5.74, 6) is -2.44. The van der Waals surface area contributed by atoms with Crippen LogP contribution in [0.1, 0.15) is 79.7 Å². The van der Waals surface area contributed by atoms with Crippen molar-refractivity contribution in [3.05, 3.63) is 66.2 Å². The van der Waals surface area contributed by atoms with Gasteiger partial charge in [-0.25, -0.2) is 0 Å². The van der Waals surface area contributed by atoms with Crippen molar-refractivity contribution in [1.82, 2.24) is 35.5 Å². The Labute approximate surface area is 384 Å². The van der Waals surface area contributed by atoms with Gasteiger partial charge in [-0.2, -0.15) is 0 Å². The number of likely N-dealkylation sites (N-methyl/N-ethyl adjacent to an activating group) is 2. The van der Waals surface area contributed by atoms with E-state index in [0.717, 1.165) is 11.1 Å². The summed E-state index contributed by atoms with van der Waals surface area (Å²) in [6, 6.07) is 15.9. The van der Waals surface area contributed by atoms with Gasteiger partial charge < -0.3 is 29.9 Å². The average molecular weight is 905 g/mol. The van der Waals surface area contributed by atoms with Crippen molar-refractivity contribution in [3.63, 3.8) is 0 Å². The molecule has 2 unspecified atom stereocenters. The molecule has 0 saturated carbocycles. The molecule has 352 valence electrons. The Morgan fingerprint density at radius 2 is 1.47 bits per heavy atom. The molecular formula is C48H72N8O7S. The van der Waals surface area contributed by atoms with Crippen LogP contribution in [0, 0.1) is 23.7 Å². The molecule has 5 amide bonds. The van der Waals surface area contributed by atoms with E-state index < -0.39 is 60.1 Å². The second-order valence-electron chi connectivity index (χ2n) is 18.0. The molecule has 15 nitrogen and oxygen atoms in total. The highest BCUT2D eigenvalue weighted by Gasteiger charge is 2.43. The predicted octanol–water partition coefficient (Wildman–Crippen LogP) is 5.52.